The van der Waals surface area contributed by atoms with E-state index < -0.39 is 15.4 Å². The van der Waals surface area contributed by atoms with Gasteiger partial charge in [-0.2, -0.15) is 0 Å². The minimum Gasteiger partial charge on any atom is -0.444 e. The molecule has 0 aliphatic carbocycles. The second kappa shape index (κ2) is 9.24. The van der Waals surface area contributed by atoms with Crippen molar-refractivity contribution in [1.82, 2.24) is 4.90 Å². The molecule has 9 heteroatoms. The van der Waals surface area contributed by atoms with Crippen LogP contribution in [0.4, 0.5) is 16.2 Å². The summed E-state index contributed by atoms with van der Waals surface area (Å²) in [4.78, 5) is 18.6. The van der Waals surface area contributed by atoms with Gasteiger partial charge in [-0.3, -0.25) is 0 Å². The third kappa shape index (κ3) is 6.04. The lowest BCUT2D eigenvalue weighted by molar-refractivity contribution is 0.0219. The van der Waals surface area contributed by atoms with E-state index in [4.69, 9.17) is 9.47 Å². The average molecular weight is 454 g/mol. The fourth-order valence-corrected chi connectivity index (χ4v) is 5.32. The van der Waals surface area contributed by atoms with Gasteiger partial charge in [0.1, 0.15) is 5.60 Å². The molecule has 1 atom stereocenters. The van der Waals surface area contributed by atoms with Gasteiger partial charge < -0.3 is 24.2 Å². The van der Waals surface area contributed by atoms with E-state index in [0.29, 0.717) is 39.3 Å². The molecule has 2 fully saturated rings. The first-order chi connectivity index (χ1) is 14.5. The molecule has 2 heterocycles. The number of piperazine rings is 1. The van der Waals surface area contributed by atoms with E-state index in [1.807, 2.05) is 20.8 Å². The van der Waals surface area contributed by atoms with E-state index >= 15 is 0 Å². The van der Waals surface area contributed by atoms with Gasteiger partial charge in [0.25, 0.3) is 0 Å². The zero-order valence-corrected chi connectivity index (χ0v) is 20.1. The summed E-state index contributed by atoms with van der Waals surface area (Å²) in [5, 5.41) is 0. The molecule has 174 valence electrons. The Bertz CT molecular complexity index is 883. The van der Waals surface area contributed by atoms with Crippen LogP contribution in [0, 0.1) is 0 Å². The molecule has 2 aliphatic heterocycles. The topological polar surface area (TPSA) is 79.4 Å². The number of carbonyl (C=O) groups excluding carboxylic acids is 1. The van der Waals surface area contributed by atoms with Crippen LogP contribution in [0.3, 0.4) is 0 Å². The molecule has 0 bridgehead atoms. The van der Waals surface area contributed by atoms with Crippen LogP contribution in [-0.4, -0.2) is 82.4 Å². The Morgan fingerprint density at radius 3 is 2.39 bits per heavy atom. The van der Waals surface area contributed by atoms with Gasteiger partial charge in [-0.15, -0.1) is 0 Å². The molecular formula is C22H35N3O5S. The van der Waals surface area contributed by atoms with E-state index in [2.05, 4.69) is 34.9 Å². The Balaban J connectivity index is 1.73. The first kappa shape index (κ1) is 23.7. The third-order valence-electron chi connectivity index (χ3n) is 5.66. The number of amides is 1. The molecule has 0 unspecified atom stereocenters. The molecule has 0 spiro atoms. The molecular weight excluding hydrogens is 418 g/mol. The van der Waals surface area contributed by atoms with Crippen molar-refractivity contribution in [1.29, 1.82) is 0 Å². The van der Waals surface area contributed by atoms with Crippen molar-refractivity contribution < 1.29 is 22.7 Å². The number of carbonyl (C=O) groups is 1. The van der Waals surface area contributed by atoms with Gasteiger partial charge in [0.15, 0.2) is 9.84 Å². The third-order valence-corrected chi connectivity index (χ3v) is 7.27. The molecule has 2 saturated heterocycles. The summed E-state index contributed by atoms with van der Waals surface area (Å²) in [6.07, 6.45) is -0.269. The number of methoxy groups -OCH3 is 1. The van der Waals surface area contributed by atoms with E-state index in [9.17, 15) is 13.2 Å². The molecule has 0 N–H and O–H groups in total. The van der Waals surface area contributed by atoms with Crippen LogP contribution in [0.15, 0.2) is 18.2 Å². The Morgan fingerprint density at radius 1 is 1.13 bits per heavy atom. The second-order valence-electron chi connectivity index (χ2n) is 9.35. The minimum absolute atomic E-state index is 0.141. The van der Waals surface area contributed by atoms with Crippen LogP contribution in [0.2, 0.25) is 0 Å². The molecule has 1 amide bonds. The summed E-state index contributed by atoms with van der Waals surface area (Å²) in [5.41, 5.74) is 2.65. The van der Waals surface area contributed by atoms with E-state index in [1.165, 1.54) is 0 Å². The number of benzene rings is 1. The maximum atomic E-state index is 12.4. The van der Waals surface area contributed by atoms with Crippen molar-refractivity contribution in [2.45, 2.75) is 45.9 Å². The largest absolute Gasteiger partial charge is 0.444 e. The number of nitrogens with zero attached hydrogens (tertiary/aromatic N) is 3. The average Bonchev–Trinajstić information content (AvgIpc) is 2.67. The number of hydrogen-bond acceptors (Lipinski definition) is 7. The SMILES string of the molecule is COCc1cc(N2CCN(C(=O)OC(C)(C)C)C[C@@H]2C)ccc1N1CCS(=O)(=O)CC1. The zero-order chi connectivity index (χ0) is 22.8. The van der Waals surface area contributed by atoms with E-state index in [-0.39, 0.29) is 23.6 Å². The Labute approximate surface area is 186 Å². The summed E-state index contributed by atoms with van der Waals surface area (Å²) < 4.78 is 34.5. The first-order valence-corrected chi connectivity index (χ1v) is 12.6. The Morgan fingerprint density at radius 2 is 1.81 bits per heavy atom. The van der Waals surface area contributed by atoms with Crippen molar-refractivity contribution in [2.75, 3.05) is 61.1 Å². The lowest BCUT2D eigenvalue weighted by atomic mass is 10.1. The van der Waals surface area contributed by atoms with Gasteiger partial charge in [0.05, 0.1) is 18.1 Å². The van der Waals surface area contributed by atoms with Crippen LogP contribution in [-0.2, 0) is 25.9 Å². The van der Waals surface area contributed by atoms with Crippen LogP contribution in [0.1, 0.15) is 33.3 Å². The first-order valence-electron chi connectivity index (χ1n) is 10.8. The number of sulfone groups is 1. The molecule has 1 aromatic carbocycles. The maximum Gasteiger partial charge on any atom is 0.410 e. The molecule has 1 aromatic rings. The highest BCUT2D eigenvalue weighted by atomic mass is 32.2. The van der Waals surface area contributed by atoms with Gasteiger partial charge in [-0.25, -0.2) is 13.2 Å². The van der Waals surface area contributed by atoms with Crippen LogP contribution in [0.25, 0.3) is 0 Å². The van der Waals surface area contributed by atoms with Gasteiger partial charge in [0, 0.05) is 62.8 Å². The van der Waals surface area contributed by atoms with Crippen LogP contribution < -0.4 is 9.80 Å². The predicted octanol–water partition coefficient (Wildman–Crippen LogP) is 2.51. The number of ether oxygens (including phenoxy) is 2. The lowest BCUT2D eigenvalue weighted by Gasteiger charge is -2.42. The van der Waals surface area contributed by atoms with Crippen molar-refractivity contribution in [3.8, 4) is 0 Å². The van der Waals surface area contributed by atoms with Crippen LogP contribution in [0.5, 0.6) is 0 Å². The number of hydrogen-bond donors (Lipinski definition) is 0. The van der Waals surface area contributed by atoms with Crippen LogP contribution >= 0.6 is 0 Å². The monoisotopic (exact) mass is 453 g/mol. The van der Waals surface area contributed by atoms with Gasteiger partial charge in [-0.1, -0.05) is 0 Å². The fourth-order valence-electron chi connectivity index (χ4n) is 4.12. The molecule has 8 nitrogen and oxygen atoms in total. The van der Waals surface area contributed by atoms with Gasteiger partial charge >= 0.3 is 6.09 Å². The normalized spacial score (nSPS) is 21.8. The highest BCUT2D eigenvalue weighted by molar-refractivity contribution is 7.91. The molecule has 0 aromatic heterocycles. The highest BCUT2D eigenvalue weighted by Gasteiger charge is 2.30. The standard InChI is InChI=1S/C22H35N3O5S/c1-17-15-24(21(26)30-22(2,3)4)8-9-25(17)19-6-7-20(18(14-19)16-29-5)23-10-12-31(27,28)13-11-23/h6-7,14,17H,8-13,15-16H2,1-5H3/t17-/m0/s1. The second-order valence-corrected chi connectivity index (χ2v) is 11.7. The number of anilines is 2. The fraction of sp³-hybridized carbons (Fsp3) is 0.682. The minimum atomic E-state index is -2.93. The van der Waals surface area contributed by atoms with E-state index in [1.54, 1.807) is 12.0 Å². The smallest absolute Gasteiger partial charge is 0.410 e. The predicted molar refractivity (Wildman–Crippen MR) is 123 cm³/mol. The van der Waals surface area contributed by atoms with Crippen molar-refractivity contribution in [2.24, 2.45) is 0 Å². The zero-order valence-electron chi connectivity index (χ0n) is 19.3. The summed E-state index contributed by atoms with van der Waals surface area (Å²) in [7, 11) is -1.26. The van der Waals surface area contributed by atoms with Gasteiger partial charge in [-0.05, 0) is 45.9 Å². The summed E-state index contributed by atoms with van der Waals surface area (Å²) in [5.74, 6) is 0.371. The molecule has 2 aliphatic rings. The summed E-state index contributed by atoms with van der Waals surface area (Å²) in [6.45, 7) is 11.1. The maximum absolute atomic E-state index is 12.4. The van der Waals surface area contributed by atoms with Crippen molar-refractivity contribution >= 4 is 27.3 Å². The van der Waals surface area contributed by atoms with Crippen molar-refractivity contribution in [3.63, 3.8) is 0 Å². The number of rotatable bonds is 4. The molecule has 31 heavy (non-hydrogen) atoms. The Kier molecular flexibility index (Phi) is 7.05. The summed E-state index contributed by atoms with van der Waals surface area (Å²) >= 11 is 0. The highest BCUT2D eigenvalue weighted by Crippen LogP contribution is 2.30. The summed E-state index contributed by atoms with van der Waals surface area (Å²) in [6, 6.07) is 6.41. The Hall–Kier alpha value is -2.00. The molecule has 0 radical (unpaired) electrons. The quantitative estimate of drug-likeness (QED) is 0.693. The van der Waals surface area contributed by atoms with Gasteiger partial charge in [0.2, 0.25) is 0 Å². The molecule has 3 rings (SSSR count). The van der Waals surface area contributed by atoms with Crippen molar-refractivity contribution in [3.05, 3.63) is 23.8 Å². The molecule has 0 saturated carbocycles. The van der Waals surface area contributed by atoms with E-state index in [0.717, 1.165) is 16.9 Å². The lowest BCUT2D eigenvalue weighted by Crippen LogP contribution is -2.54.